The lowest BCUT2D eigenvalue weighted by molar-refractivity contribution is 0.101. The van der Waals surface area contributed by atoms with Crippen molar-refractivity contribution in [1.82, 2.24) is 19.3 Å². The van der Waals surface area contributed by atoms with Crippen molar-refractivity contribution >= 4 is 11.6 Å². The minimum atomic E-state index is -0.0989. The smallest absolute Gasteiger partial charge is 0.274 e. The highest BCUT2D eigenvalue weighted by Crippen LogP contribution is 2.41. The van der Waals surface area contributed by atoms with E-state index < -0.39 is 0 Å². The Hall–Kier alpha value is -2.89. The number of fused-ring (bicyclic) bond motifs is 1. The van der Waals surface area contributed by atoms with Crippen LogP contribution in [0.3, 0.4) is 0 Å². The van der Waals surface area contributed by atoms with E-state index in [4.69, 9.17) is 4.98 Å². The van der Waals surface area contributed by atoms with Gasteiger partial charge in [-0.25, -0.2) is 4.98 Å². The number of benzene rings is 1. The van der Waals surface area contributed by atoms with Crippen LogP contribution in [0.25, 0.3) is 11.3 Å². The van der Waals surface area contributed by atoms with E-state index in [1.807, 2.05) is 37.5 Å². The summed E-state index contributed by atoms with van der Waals surface area (Å²) in [4.78, 5) is 17.7. The molecule has 1 amide bonds. The van der Waals surface area contributed by atoms with Gasteiger partial charge in [0.2, 0.25) is 0 Å². The summed E-state index contributed by atoms with van der Waals surface area (Å²) in [7, 11) is 1.83. The number of carbonyl (C=O) groups excluding carboxylic acids is 1. The number of aromatic nitrogens is 4. The molecule has 1 saturated carbocycles. The van der Waals surface area contributed by atoms with Gasteiger partial charge in [-0.2, -0.15) is 5.10 Å². The van der Waals surface area contributed by atoms with Crippen LogP contribution in [0.4, 0.5) is 5.69 Å². The Morgan fingerprint density at radius 1 is 1.26 bits per heavy atom. The zero-order chi connectivity index (χ0) is 18.4. The second kappa shape index (κ2) is 6.37. The fourth-order valence-corrected chi connectivity index (χ4v) is 3.92. The lowest BCUT2D eigenvalue weighted by Crippen LogP contribution is -2.17. The van der Waals surface area contributed by atoms with Gasteiger partial charge in [0.05, 0.1) is 11.9 Å². The summed E-state index contributed by atoms with van der Waals surface area (Å²) in [5.41, 5.74) is 4.52. The molecule has 1 fully saturated rings. The topological polar surface area (TPSA) is 64.7 Å². The maximum absolute atomic E-state index is 12.9. The Morgan fingerprint density at radius 2 is 2.15 bits per heavy atom. The van der Waals surface area contributed by atoms with Gasteiger partial charge in [0.25, 0.3) is 5.91 Å². The summed E-state index contributed by atoms with van der Waals surface area (Å²) < 4.78 is 3.93. The molecule has 2 aromatic heterocycles. The van der Waals surface area contributed by atoms with Crippen molar-refractivity contribution in [1.29, 1.82) is 0 Å². The van der Waals surface area contributed by atoms with Crippen molar-refractivity contribution in [2.75, 3.05) is 5.32 Å². The SMILES string of the molecule is Cn1ncc(C2CC2)c1C(=O)Nc1cccc(-c2cn3c(n2)CCCC3)c1. The lowest BCUT2D eigenvalue weighted by Gasteiger charge is -2.11. The lowest BCUT2D eigenvalue weighted by atomic mass is 10.1. The van der Waals surface area contributed by atoms with Crippen LogP contribution >= 0.6 is 0 Å². The first-order valence-electron chi connectivity index (χ1n) is 9.69. The minimum Gasteiger partial charge on any atom is -0.334 e. The monoisotopic (exact) mass is 361 g/mol. The van der Waals surface area contributed by atoms with Gasteiger partial charge < -0.3 is 9.88 Å². The molecule has 0 saturated heterocycles. The second-order valence-electron chi connectivity index (χ2n) is 7.57. The highest BCUT2D eigenvalue weighted by molar-refractivity contribution is 6.04. The van der Waals surface area contributed by atoms with E-state index >= 15 is 0 Å². The van der Waals surface area contributed by atoms with Crippen molar-refractivity contribution in [3.63, 3.8) is 0 Å². The number of aryl methyl sites for hydroxylation is 3. The quantitative estimate of drug-likeness (QED) is 0.770. The molecule has 1 aromatic carbocycles. The van der Waals surface area contributed by atoms with Crippen LogP contribution in [0, 0.1) is 0 Å². The molecule has 2 aliphatic rings. The van der Waals surface area contributed by atoms with Gasteiger partial charge in [-0.3, -0.25) is 9.48 Å². The number of hydrogen-bond donors (Lipinski definition) is 1. The highest BCUT2D eigenvalue weighted by Gasteiger charge is 2.30. The van der Waals surface area contributed by atoms with E-state index in [-0.39, 0.29) is 5.91 Å². The summed E-state index contributed by atoms with van der Waals surface area (Å²) in [6, 6.07) is 7.93. The summed E-state index contributed by atoms with van der Waals surface area (Å²) in [6.45, 7) is 1.04. The molecule has 6 heteroatoms. The second-order valence-corrected chi connectivity index (χ2v) is 7.57. The van der Waals surface area contributed by atoms with Gasteiger partial charge in [-0.05, 0) is 43.7 Å². The fourth-order valence-electron chi connectivity index (χ4n) is 3.92. The van der Waals surface area contributed by atoms with Crippen molar-refractivity contribution in [2.24, 2.45) is 7.05 Å². The third kappa shape index (κ3) is 3.05. The molecule has 138 valence electrons. The minimum absolute atomic E-state index is 0.0989. The van der Waals surface area contributed by atoms with Crippen molar-refractivity contribution < 1.29 is 4.79 Å². The fraction of sp³-hybridized carbons (Fsp3) is 0.381. The summed E-state index contributed by atoms with van der Waals surface area (Å²) >= 11 is 0. The average Bonchev–Trinajstić information content (AvgIpc) is 3.30. The average molecular weight is 361 g/mol. The van der Waals surface area contributed by atoms with Crippen LogP contribution < -0.4 is 5.32 Å². The summed E-state index contributed by atoms with van der Waals surface area (Å²) in [5, 5.41) is 7.33. The van der Waals surface area contributed by atoms with Gasteiger partial charge in [0.1, 0.15) is 11.5 Å². The third-order valence-electron chi connectivity index (χ3n) is 5.52. The number of amides is 1. The standard InChI is InChI=1S/C21H23N5O/c1-25-20(17(12-22-25)14-8-9-14)21(27)23-16-6-4-5-15(11-16)18-13-26-10-3-2-7-19(26)24-18/h4-6,11-14H,2-3,7-10H2,1H3,(H,23,27). The zero-order valence-corrected chi connectivity index (χ0v) is 15.5. The van der Waals surface area contributed by atoms with E-state index in [2.05, 4.69) is 21.2 Å². The first kappa shape index (κ1) is 16.3. The van der Waals surface area contributed by atoms with Crippen molar-refractivity contribution in [3.05, 3.63) is 53.7 Å². The van der Waals surface area contributed by atoms with Crippen LogP contribution in [0.15, 0.2) is 36.7 Å². The van der Waals surface area contributed by atoms with Crippen LogP contribution in [-0.2, 0) is 20.0 Å². The molecule has 0 spiro atoms. The zero-order valence-electron chi connectivity index (χ0n) is 15.5. The molecular formula is C21H23N5O. The normalized spacial score (nSPS) is 16.2. The van der Waals surface area contributed by atoms with E-state index in [9.17, 15) is 4.79 Å². The molecule has 5 rings (SSSR count). The van der Waals surface area contributed by atoms with Gasteiger partial charge in [0.15, 0.2) is 0 Å². The van der Waals surface area contributed by atoms with E-state index in [1.54, 1.807) is 4.68 Å². The van der Waals surface area contributed by atoms with Crippen LogP contribution in [0.1, 0.15) is 53.5 Å². The number of carbonyl (C=O) groups is 1. The molecule has 0 atom stereocenters. The van der Waals surface area contributed by atoms with Crippen LogP contribution in [-0.4, -0.2) is 25.2 Å². The molecule has 0 unspecified atom stereocenters. The molecule has 0 bridgehead atoms. The Bertz CT molecular complexity index is 988. The maximum atomic E-state index is 12.9. The number of anilines is 1. The molecule has 27 heavy (non-hydrogen) atoms. The predicted octanol–water partition coefficient (Wildman–Crippen LogP) is 3.75. The number of imidazole rings is 1. The van der Waals surface area contributed by atoms with Gasteiger partial charge in [-0.15, -0.1) is 0 Å². The largest absolute Gasteiger partial charge is 0.334 e. The molecule has 6 nitrogen and oxygen atoms in total. The first-order valence-corrected chi connectivity index (χ1v) is 9.69. The van der Waals surface area contributed by atoms with E-state index in [1.165, 1.54) is 12.8 Å². The van der Waals surface area contributed by atoms with Crippen LogP contribution in [0.5, 0.6) is 0 Å². The first-order chi connectivity index (χ1) is 13.2. The summed E-state index contributed by atoms with van der Waals surface area (Å²) in [6.07, 6.45) is 9.72. The van der Waals surface area contributed by atoms with E-state index in [0.717, 1.165) is 54.1 Å². The molecule has 1 N–H and O–H groups in total. The van der Waals surface area contributed by atoms with Gasteiger partial charge >= 0.3 is 0 Å². The maximum Gasteiger partial charge on any atom is 0.274 e. The third-order valence-corrected chi connectivity index (χ3v) is 5.52. The van der Waals surface area contributed by atoms with Gasteiger partial charge in [-0.1, -0.05) is 12.1 Å². The molecule has 0 radical (unpaired) electrons. The molecule has 3 aromatic rings. The number of nitrogens with zero attached hydrogens (tertiary/aromatic N) is 4. The van der Waals surface area contributed by atoms with Gasteiger partial charge in [0, 0.05) is 43.0 Å². The molecular weight excluding hydrogens is 338 g/mol. The Morgan fingerprint density at radius 3 is 2.96 bits per heavy atom. The summed E-state index contributed by atoms with van der Waals surface area (Å²) in [5.74, 6) is 1.55. The highest BCUT2D eigenvalue weighted by atomic mass is 16.2. The predicted molar refractivity (Wildman–Crippen MR) is 104 cm³/mol. The molecule has 1 aliphatic heterocycles. The number of rotatable bonds is 4. The number of hydrogen-bond acceptors (Lipinski definition) is 3. The molecule has 1 aliphatic carbocycles. The van der Waals surface area contributed by atoms with Crippen LogP contribution in [0.2, 0.25) is 0 Å². The number of nitrogens with one attached hydrogen (secondary N) is 1. The van der Waals surface area contributed by atoms with Crippen molar-refractivity contribution in [2.45, 2.75) is 44.6 Å². The Kier molecular flexibility index (Phi) is 3.85. The van der Waals surface area contributed by atoms with E-state index in [0.29, 0.717) is 11.6 Å². The van der Waals surface area contributed by atoms with Crippen molar-refractivity contribution in [3.8, 4) is 11.3 Å². The Balaban J connectivity index is 1.40. The molecule has 3 heterocycles. The Labute approximate surface area is 158 Å².